The van der Waals surface area contributed by atoms with E-state index < -0.39 is 11.4 Å². The Morgan fingerprint density at radius 1 is 1.47 bits per heavy atom. The Kier molecular flexibility index (Phi) is 3.88. The van der Waals surface area contributed by atoms with E-state index in [1.165, 1.54) is 13.0 Å². The lowest BCUT2D eigenvalue weighted by atomic mass is 10.1. The molecule has 0 radical (unpaired) electrons. The Labute approximate surface area is 101 Å². The zero-order valence-corrected chi connectivity index (χ0v) is 10.6. The average Bonchev–Trinajstić information content (AvgIpc) is 2.14. The van der Waals surface area contributed by atoms with E-state index >= 15 is 0 Å². The molecule has 0 saturated heterocycles. The lowest BCUT2D eigenvalue weighted by Crippen LogP contribution is -2.36. The average molecular weight is 239 g/mol. The molecule has 3 nitrogen and oxygen atoms in total. The highest BCUT2D eigenvalue weighted by Crippen LogP contribution is 2.21. The van der Waals surface area contributed by atoms with Crippen LogP contribution in [0.15, 0.2) is 18.2 Å². The molecule has 0 saturated carbocycles. The van der Waals surface area contributed by atoms with Crippen molar-refractivity contribution < 1.29 is 14.3 Å². The lowest BCUT2D eigenvalue weighted by molar-refractivity contribution is 0.0884. The van der Waals surface area contributed by atoms with Gasteiger partial charge in [-0.3, -0.25) is 4.79 Å². The van der Waals surface area contributed by atoms with Gasteiger partial charge in [0.1, 0.15) is 5.82 Å². The van der Waals surface area contributed by atoms with Gasteiger partial charge in [0, 0.05) is 19.2 Å². The monoisotopic (exact) mass is 239 g/mol. The van der Waals surface area contributed by atoms with Gasteiger partial charge >= 0.3 is 0 Å². The molecular weight excluding hydrogens is 221 g/mol. The molecule has 1 rings (SSSR count). The molecule has 1 N–H and O–H groups in total. The van der Waals surface area contributed by atoms with E-state index in [1.807, 2.05) is 0 Å². The maximum Gasteiger partial charge on any atom is 0.159 e. The van der Waals surface area contributed by atoms with Crippen molar-refractivity contribution in [1.82, 2.24) is 0 Å². The first-order chi connectivity index (χ1) is 7.70. The highest BCUT2D eigenvalue weighted by molar-refractivity contribution is 5.94. The van der Waals surface area contributed by atoms with Crippen LogP contribution in [-0.4, -0.2) is 30.1 Å². The zero-order valence-electron chi connectivity index (χ0n) is 10.6. The minimum absolute atomic E-state index is 0.166. The molecule has 0 bridgehead atoms. The van der Waals surface area contributed by atoms with Gasteiger partial charge in [0.15, 0.2) is 5.78 Å². The summed E-state index contributed by atoms with van der Waals surface area (Å²) in [5.74, 6) is -0.620. The van der Waals surface area contributed by atoms with E-state index in [1.54, 1.807) is 37.9 Å². The number of rotatable bonds is 4. The van der Waals surface area contributed by atoms with E-state index in [-0.39, 0.29) is 5.78 Å². The van der Waals surface area contributed by atoms with Crippen LogP contribution in [0, 0.1) is 5.82 Å². The second-order valence-corrected chi connectivity index (χ2v) is 4.89. The van der Waals surface area contributed by atoms with Gasteiger partial charge in [-0.2, -0.15) is 0 Å². The number of likely N-dealkylation sites (N-methyl/N-ethyl adjacent to an activating group) is 1. The van der Waals surface area contributed by atoms with Gasteiger partial charge in [-0.05, 0) is 39.0 Å². The summed E-state index contributed by atoms with van der Waals surface area (Å²) < 4.78 is 13.8. The van der Waals surface area contributed by atoms with E-state index in [0.717, 1.165) is 0 Å². The molecule has 94 valence electrons. The first kappa shape index (κ1) is 13.6. The smallest absolute Gasteiger partial charge is 0.159 e. The molecule has 0 atom stereocenters. The van der Waals surface area contributed by atoms with Crippen molar-refractivity contribution in [2.45, 2.75) is 26.4 Å². The normalized spacial score (nSPS) is 11.4. The van der Waals surface area contributed by atoms with Crippen molar-refractivity contribution >= 4 is 11.5 Å². The van der Waals surface area contributed by atoms with E-state index in [2.05, 4.69) is 0 Å². The summed E-state index contributed by atoms with van der Waals surface area (Å²) in [5.41, 5.74) is -0.180. The number of Topliss-reactive ketones (excluding diaryl/α,β-unsaturated/α-hetero) is 1. The maximum absolute atomic E-state index is 13.8. The van der Waals surface area contributed by atoms with Crippen LogP contribution in [0.2, 0.25) is 0 Å². The molecule has 17 heavy (non-hydrogen) atoms. The standard InChI is InChI=1S/C13H18FNO2/c1-9(16)10-5-6-12(11(14)7-10)15(4)8-13(2,3)17/h5-7,17H,8H2,1-4H3. The quantitative estimate of drug-likeness (QED) is 0.819. The zero-order chi connectivity index (χ0) is 13.2. The van der Waals surface area contributed by atoms with Gasteiger partial charge in [-0.1, -0.05) is 0 Å². The molecule has 0 spiro atoms. The van der Waals surface area contributed by atoms with Gasteiger partial charge < -0.3 is 10.0 Å². The highest BCUT2D eigenvalue weighted by atomic mass is 19.1. The van der Waals surface area contributed by atoms with Gasteiger partial charge in [-0.15, -0.1) is 0 Å². The SMILES string of the molecule is CC(=O)c1ccc(N(C)CC(C)(C)O)c(F)c1. The number of hydrogen-bond donors (Lipinski definition) is 1. The molecule has 0 unspecified atom stereocenters. The number of benzene rings is 1. The van der Waals surface area contributed by atoms with Crippen LogP contribution >= 0.6 is 0 Å². The van der Waals surface area contributed by atoms with Gasteiger partial charge in [0.2, 0.25) is 0 Å². The number of carbonyl (C=O) groups excluding carboxylic acids is 1. The van der Waals surface area contributed by atoms with Crippen molar-refractivity contribution in [3.8, 4) is 0 Å². The van der Waals surface area contributed by atoms with Gasteiger partial charge in [0.05, 0.1) is 11.3 Å². The van der Waals surface area contributed by atoms with Crippen molar-refractivity contribution in [3.05, 3.63) is 29.6 Å². The molecule has 0 aromatic heterocycles. The molecule has 0 aliphatic rings. The van der Waals surface area contributed by atoms with E-state index in [9.17, 15) is 14.3 Å². The molecule has 0 heterocycles. The summed E-state index contributed by atoms with van der Waals surface area (Å²) in [4.78, 5) is 12.7. The lowest BCUT2D eigenvalue weighted by Gasteiger charge is -2.27. The summed E-state index contributed by atoms with van der Waals surface area (Å²) in [7, 11) is 1.70. The summed E-state index contributed by atoms with van der Waals surface area (Å²) in [6.45, 7) is 5.02. The molecule has 1 aromatic rings. The van der Waals surface area contributed by atoms with Crippen molar-refractivity contribution in [1.29, 1.82) is 0 Å². The number of nitrogens with zero attached hydrogens (tertiary/aromatic N) is 1. The van der Waals surface area contributed by atoms with Crippen LogP contribution in [-0.2, 0) is 0 Å². The van der Waals surface area contributed by atoms with Crippen LogP contribution in [0.5, 0.6) is 0 Å². The van der Waals surface area contributed by atoms with Crippen LogP contribution < -0.4 is 4.90 Å². The predicted molar refractivity (Wildman–Crippen MR) is 66.0 cm³/mol. The summed E-state index contributed by atoms with van der Waals surface area (Å²) in [5, 5.41) is 9.66. The van der Waals surface area contributed by atoms with Crippen molar-refractivity contribution in [3.63, 3.8) is 0 Å². The first-order valence-corrected chi connectivity index (χ1v) is 5.45. The number of halogens is 1. The van der Waals surface area contributed by atoms with Crippen molar-refractivity contribution in [2.75, 3.05) is 18.5 Å². The Hall–Kier alpha value is -1.42. The molecule has 4 heteroatoms. The molecule has 0 fully saturated rings. The number of hydrogen-bond acceptors (Lipinski definition) is 3. The Balaban J connectivity index is 2.96. The van der Waals surface area contributed by atoms with Crippen LogP contribution in [0.4, 0.5) is 10.1 Å². The third-order valence-electron chi connectivity index (χ3n) is 2.39. The minimum atomic E-state index is -0.902. The molecular formula is C13H18FNO2. The van der Waals surface area contributed by atoms with E-state index in [0.29, 0.717) is 17.8 Å². The molecule has 1 aromatic carbocycles. The Bertz CT molecular complexity index is 424. The van der Waals surface area contributed by atoms with Crippen LogP contribution in [0.1, 0.15) is 31.1 Å². The molecule has 0 aliphatic heterocycles. The predicted octanol–water partition coefficient (Wildman–Crippen LogP) is 2.24. The van der Waals surface area contributed by atoms with Crippen LogP contribution in [0.25, 0.3) is 0 Å². The number of ketones is 1. The third kappa shape index (κ3) is 3.82. The fourth-order valence-electron chi connectivity index (χ4n) is 1.70. The number of carbonyl (C=O) groups is 1. The first-order valence-electron chi connectivity index (χ1n) is 5.45. The maximum atomic E-state index is 13.8. The van der Waals surface area contributed by atoms with Gasteiger partial charge in [0.25, 0.3) is 0 Å². The van der Waals surface area contributed by atoms with E-state index in [4.69, 9.17) is 0 Å². The topological polar surface area (TPSA) is 40.5 Å². The third-order valence-corrected chi connectivity index (χ3v) is 2.39. The highest BCUT2D eigenvalue weighted by Gasteiger charge is 2.18. The molecule has 0 amide bonds. The second kappa shape index (κ2) is 4.84. The van der Waals surface area contributed by atoms with Crippen LogP contribution in [0.3, 0.4) is 0 Å². The number of anilines is 1. The number of aliphatic hydroxyl groups is 1. The largest absolute Gasteiger partial charge is 0.389 e. The summed E-state index contributed by atoms with van der Waals surface area (Å²) >= 11 is 0. The fourth-order valence-corrected chi connectivity index (χ4v) is 1.70. The fraction of sp³-hybridized carbons (Fsp3) is 0.462. The Morgan fingerprint density at radius 2 is 2.06 bits per heavy atom. The minimum Gasteiger partial charge on any atom is -0.389 e. The summed E-state index contributed by atoms with van der Waals surface area (Å²) in [6, 6.07) is 4.36. The molecule has 0 aliphatic carbocycles. The van der Waals surface area contributed by atoms with Crippen molar-refractivity contribution in [2.24, 2.45) is 0 Å². The summed E-state index contributed by atoms with van der Waals surface area (Å²) in [6.07, 6.45) is 0. The van der Waals surface area contributed by atoms with Gasteiger partial charge in [-0.25, -0.2) is 4.39 Å². The Morgan fingerprint density at radius 3 is 2.47 bits per heavy atom. The second-order valence-electron chi connectivity index (χ2n) is 4.89.